The summed E-state index contributed by atoms with van der Waals surface area (Å²) in [5.41, 5.74) is 0.750. The molecule has 0 heterocycles. The molecule has 0 atom stereocenters. The van der Waals surface area contributed by atoms with Gasteiger partial charge >= 0.3 is 5.97 Å². The molecule has 1 aromatic rings. The third-order valence-electron chi connectivity index (χ3n) is 1.86. The first kappa shape index (κ1) is 13.2. The Morgan fingerprint density at radius 2 is 2.18 bits per heavy atom. The third-order valence-corrected chi connectivity index (χ3v) is 2.72. The number of rotatable bonds is 4. The first-order chi connectivity index (χ1) is 7.92. The van der Waals surface area contributed by atoms with Gasteiger partial charge in [0.25, 0.3) is 0 Å². The molecule has 90 valence electrons. The van der Waals surface area contributed by atoms with E-state index in [0.717, 1.165) is 6.26 Å². The molecule has 0 bridgehead atoms. The minimum atomic E-state index is -3.14. The van der Waals surface area contributed by atoms with E-state index in [4.69, 9.17) is 5.26 Å². The molecule has 5 nitrogen and oxygen atoms in total. The number of benzene rings is 1. The number of hydrogen-bond donors (Lipinski definition) is 0. The monoisotopic (exact) mass is 253 g/mol. The molecule has 1 aromatic carbocycles. The van der Waals surface area contributed by atoms with Gasteiger partial charge in [0, 0.05) is 6.26 Å². The Morgan fingerprint density at radius 1 is 1.47 bits per heavy atom. The summed E-state index contributed by atoms with van der Waals surface area (Å²) < 4.78 is 26.8. The second-order valence-corrected chi connectivity index (χ2v) is 5.64. The molecule has 0 unspecified atom stereocenters. The summed E-state index contributed by atoms with van der Waals surface area (Å²) >= 11 is 0. The maximum atomic E-state index is 11.4. The summed E-state index contributed by atoms with van der Waals surface area (Å²) in [5, 5.41) is 8.26. The second kappa shape index (κ2) is 5.46. The molecule has 6 heteroatoms. The predicted octanol–water partition coefficient (Wildman–Crippen LogP) is 0.912. The molecule has 0 aliphatic heterocycles. The number of carbonyl (C=O) groups is 1. The Kier molecular flexibility index (Phi) is 4.24. The molecule has 0 N–H and O–H groups in total. The van der Waals surface area contributed by atoms with Gasteiger partial charge in [-0.3, -0.25) is 0 Å². The summed E-state index contributed by atoms with van der Waals surface area (Å²) in [7, 11) is -3.14. The Balaban J connectivity index is 2.86. The Bertz CT molecular complexity index is 557. The smallest absolute Gasteiger partial charge is 0.339 e. The molecule has 0 radical (unpaired) electrons. The molecular weight excluding hydrogens is 242 g/mol. The van der Waals surface area contributed by atoms with E-state index in [-0.39, 0.29) is 17.9 Å². The number of ether oxygens (including phenoxy) is 1. The lowest BCUT2D eigenvalue weighted by atomic mass is 10.1. The fourth-order valence-corrected chi connectivity index (χ4v) is 2.06. The van der Waals surface area contributed by atoms with Crippen molar-refractivity contribution in [3.05, 3.63) is 35.4 Å². The molecule has 0 aliphatic rings. The largest absolute Gasteiger partial charge is 0.447 e. The van der Waals surface area contributed by atoms with Crippen molar-refractivity contribution in [1.82, 2.24) is 0 Å². The Labute approximate surface area is 99.5 Å². The van der Waals surface area contributed by atoms with Crippen LogP contribution in [0.2, 0.25) is 0 Å². The van der Waals surface area contributed by atoms with Crippen molar-refractivity contribution in [2.45, 2.75) is 5.75 Å². The zero-order chi connectivity index (χ0) is 12.9. The number of nitrogens with zero attached hydrogens (tertiary/aromatic N) is 1. The minimum absolute atomic E-state index is 0.133. The first-order valence-electron chi connectivity index (χ1n) is 4.73. The molecule has 0 aliphatic carbocycles. The molecule has 17 heavy (non-hydrogen) atoms. The van der Waals surface area contributed by atoms with Crippen molar-refractivity contribution in [3.63, 3.8) is 0 Å². The van der Waals surface area contributed by atoms with Crippen molar-refractivity contribution < 1.29 is 17.9 Å². The van der Waals surface area contributed by atoms with E-state index in [1.165, 1.54) is 12.1 Å². The van der Waals surface area contributed by atoms with Crippen molar-refractivity contribution >= 4 is 15.8 Å². The highest BCUT2D eigenvalue weighted by Gasteiger charge is 2.10. The highest BCUT2D eigenvalue weighted by Crippen LogP contribution is 2.09. The van der Waals surface area contributed by atoms with Gasteiger partial charge < -0.3 is 4.74 Å². The number of carbonyl (C=O) groups excluding carboxylic acids is 1. The molecule has 0 spiro atoms. The van der Waals surface area contributed by atoms with E-state index in [1.54, 1.807) is 18.2 Å². The van der Waals surface area contributed by atoms with Gasteiger partial charge in [-0.25, -0.2) is 13.2 Å². The zero-order valence-corrected chi connectivity index (χ0v) is 10.0. The number of hydrogen-bond acceptors (Lipinski definition) is 5. The summed E-state index contributed by atoms with van der Waals surface area (Å²) in [4.78, 5) is 11.4. The molecule has 0 aromatic heterocycles. The van der Waals surface area contributed by atoms with E-state index in [1.807, 2.05) is 0 Å². The van der Waals surface area contributed by atoms with Crippen LogP contribution in [0.1, 0.15) is 15.9 Å². The fourth-order valence-electron chi connectivity index (χ4n) is 1.27. The van der Waals surface area contributed by atoms with Crippen LogP contribution in [0.25, 0.3) is 0 Å². The van der Waals surface area contributed by atoms with Crippen LogP contribution in [0.5, 0.6) is 0 Å². The Hall–Kier alpha value is -1.87. The SMILES string of the molecule is CS(=O)(=O)Cc1cccc(C(=O)OCC#N)c1. The lowest BCUT2D eigenvalue weighted by Gasteiger charge is -2.03. The van der Waals surface area contributed by atoms with Gasteiger partial charge in [0.15, 0.2) is 16.4 Å². The summed E-state index contributed by atoms with van der Waals surface area (Å²) in [6.45, 7) is -0.324. The normalized spacial score (nSPS) is 10.6. The van der Waals surface area contributed by atoms with Crippen LogP contribution in [-0.2, 0) is 20.3 Å². The number of sulfone groups is 1. The van der Waals surface area contributed by atoms with Gasteiger partial charge in [-0.2, -0.15) is 5.26 Å². The zero-order valence-electron chi connectivity index (χ0n) is 9.21. The Morgan fingerprint density at radius 3 is 2.76 bits per heavy atom. The summed E-state index contributed by atoms with van der Waals surface area (Å²) in [6, 6.07) is 7.82. The molecule has 0 saturated carbocycles. The van der Waals surface area contributed by atoms with Crippen molar-refractivity contribution in [1.29, 1.82) is 5.26 Å². The maximum absolute atomic E-state index is 11.4. The van der Waals surface area contributed by atoms with Crippen LogP contribution in [0, 0.1) is 11.3 Å². The highest BCUT2D eigenvalue weighted by molar-refractivity contribution is 7.89. The molecule has 0 fully saturated rings. The van der Waals surface area contributed by atoms with E-state index in [2.05, 4.69) is 4.74 Å². The van der Waals surface area contributed by atoms with Crippen LogP contribution in [0.3, 0.4) is 0 Å². The van der Waals surface area contributed by atoms with Crippen LogP contribution in [-0.4, -0.2) is 27.2 Å². The predicted molar refractivity (Wildman–Crippen MR) is 60.9 cm³/mol. The second-order valence-electron chi connectivity index (χ2n) is 3.50. The van der Waals surface area contributed by atoms with E-state index in [9.17, 15) is 13.2 Å². The number of nitriles is 1. The van der Waals surface area contributed by atoms with Gasteiger partial charge in [-0.05, 0) is 17.7 Å². The lowest BCUT2D eigenvalue weighted by Crippen LogP contribution is -2.07. The fraction of sp³-hybridized carbons (Fsp3) is 0.273. The summed E-state index contributed by atoms with van der Waals surface area (Å²) in [6.07, 6.45) is 1.12. The first-order valence-corrected chi connectivity index (χ1v) is 6.79. The summed E-state index contributed by atoms with van der Waals surface area (Å²) in [5.74, 6) is -0.770. The third kappa shape index (κ3) is 4.66. The topological polar surface area (TPSA) is 84.2 Å². The maximum Gasteiger partial charge on any atom is 0.339 e. The van der Waals surface area contributed by atoms with Crippen molar-refractivity contribution in [2.75, 3.05) is 12.9 Å². The molecular formula is C11H11NO4S. The van der Waals surface area contributed by atoms with Gasteiger partial charge in [0.05, 0.1) is 11.3 Å². The molecule has 1 rings (SSSR count). The lowest BCUT2D eigenvalue weighted by molar-refractivity contribution is 0.0555. The molecule has 0 amide bonds. The number of esters is 1. The standard InChI is InChI=1S/C11H11NO4S/c1-17(14,15)8-9-3-2-4-10(7-9)11(13)16-6-5-12/h2-4,7H,6,8H2,1H3. The van der Waals surface area contributed by atoms with Gasteiger partial charge in [-0.1, -0.05) is 12.1 Å². The van der Waals surface area contributed by atoms with Crippen molar-refractivity contribution in [3.8, 4) is 6.07 Å². The van der Waals surface area contributed by atoms with Crippen LogP contribution < -0.4 is 0 Å². The highest BCUT2D eigenvalue weighted by atomic mass is 32.2. The molecule has 0 saturated heterocycles. The van der Waals surface area contributed by atoms with E-state index >= 15 is 0 Å². The van der Waals surface area contributed by atoms with Gasteiger partial charge in [-0.15, -0.1) is 0 Å². The van der Waals surface area contributed by atoms with E-state index in [0.29, 0.717) is 5.56 Å². The van der Waals surface area contributed by atoms with Crippen molar-refractivity contribution in [2.24, 2.45) is 0 Å². The van der Waals surface area contributed by atoms with E-state index < -0.39 is 15.8 Å². The van der Waals surface area contributed by atoms with Gasteiger partial charge in [0.2, 0.25) is 0 Å². The van der Waals surface area contributed by atoms with Crippen LogP contribution in [0.4, 0.5) is 0 Å². The minimum Gasteiger partial charge on any atom is -0.447 e. The van der Waals surface area contributed by atoms with Gasteiger partial charge in [0.1, 0.15) is 6.07 Å². The average Bonchev–Trinajstić information content (AvgIpc) is 2.24. The van der Waals surface area contributed by atoms with Crippen LogP contribution in [0.15, 0.2) is 24.3 Å². The quantitative estimate of drug-likeness (QED) is 0.745. The average molecular weight is 253 g/mol. The van der Waals surface area contributed by atoms with Crippen LogP contribution >= 0.6 is 0 Å².